The first-order valence-electron chi connectivity index (χ1n) is 4.69. The topological polar surface area (TPSA) is 84.6 Å². The zero-order valence-electron chi connectivity index (χ0n) is 9.20. The molecule has 0 spiro atoms. The first kappa shape index (κ1) is 13.4. The van der Waals surface area contributed by atoms with Gasteiger partial charge in [0, 0.05) is 6.04 Å². The summed E-state index contributed by atoms with van der Waals surface area (Å²) < 4.78 is 4.67. The van der Waals surface area contributed by atoms with E-state index in [2.05, 4.69) is 10.1 Å². The van der Waals surface area contributed by atoms with Crippen LogP contribution in [-0.4, -0.2) is 35.5 Å². The van der Waals surface area contributed by atoms with Crippen LogP contribution in [0, 0.1) is 0 Å². The van der Waals surface area contributed by atoms with E-state index in [1.165, 1.54) is 0 Å². The lowest BCUT2D eigenvalue weighted by Gasteiger charge is -2.28. The normalized spacial score (nSPS) is 16.1. The lowest BCUT2D eigenvalue weighted by Crippen LogP contribution is -2.56. The highest BCUT2D eigenvalue weighted by Crippen LogP contribution is 2.01. The van der Waals surface area contributed by atoms with Crippen LogP contribution in [0.3, 0.4) is 0 Å². The minimum absolute atomic E-state index is 0.259. The molecule has 0 aliphatic rings. The molecule has 4 N–H and O–H groups in total. The Morgan fingerprint density at radius 1 is 1.64 bits per heavy atom. The molecule has 0 amide bonds. The van der Waals surface area contributed by atoms with E-state index >= 15 is 0 Å². The maximum atomic E-state index is 11.1. The van der Waals surface area contributed by atoms with Crippen molar-refractivity contribution in [2.45, 2.75) is 45.5 Å². The Labute approximate surface area is 84.6 Å². The molecule has 5 heteroatoms. The van der Waals surface area contributed by atoms with E-state index in [1.807, 2.05) is 0 Å². The van der Waals surface area contributed by atoms with E-state index in [1.54, 1.807) is 27.7 Å². The van der Waals surface area contributed by atoms with E-state index in [9.17, 15) is 9.90 Å². The molecule has 84 valence electrons. The fourth-order valence-electron chi connectivity index (χ4n) is 1.10. The van der Waals surface area contributed by atoms with Gasteiger partial charge in [-0.1, -0.05) is 0 Å². The Morgan fingerprint density at radius 3 is 2.50 bits per heavy atom. The summed E-state index contributed by atoms with van der Waals surface area (Å²) >= 11 is 0. The first-order valence-corrected chi connectivity index (χ1v) is 4.69. The van der Waals surface area contributed by atoms with Gasteiger partial charge in [0.2, 0.25) is 0 Å². The number of esters is 1. The van der Waals surface area contributed by atoms with E-state index in [0.29, 0.717) is 0 Å². The van der Waals surface area contributed by atoms with Gasteiger partial charge in [-0.3, -0.25) is 5.32 Å². The highest BCUT2D eigenvalue weighted by Gasteiger charge is 2.26. The third-order valence-electron chi connectivity index (χ3n) is 1.60. The zero-order chi connectivity index (χ0) is 11.4. The molecule has 0 aliphatic heterocycles. The van der Waals surface area contributed by atoms with Crippen LogP contribution in [0.2, 0.25) is 0 Å². The number of carbonyl (C=O) groups excluding carboxylic acids is 1. The summed E-state index contributed by atoms with van der Waals surface area (Å²) in [5.74, 6) is -0.628. The standard InChI is InChI=1S/C9H20N2O3/c1-5-14-8(13)7(12)6(2)11-9(3,4)10/h6-7,11-12H,5,10H2,1-4H3. The van der Waals surface area contributed by atoms with Gasteiger partial charge >= 0.3 is 5.97 Å². The highest BCUT2D eigenvalue weighted by atomic mass is 16.5. The van der Waals surface area contributed by atoms with Crippen LogP contribution in [-0.2, 0) is 9.53 Å². The molecule has 0 aromatic heterocycles. The van der Waals surface area contributed by atoms with Crippen LogP contribution < -0.4 is 11.1 Å². The van der Waals surface area contributed by atoms with Crippen LogP contribution >= 0.6 is 0 Å². The fourth-order valence-corrected chi connectivity index (χ4v) is 1.10. The van der Waals surface area contributed by atoms with Crippen LogP contribution in [0.25, 0.3) is 0 Å². The number of ether oxygens (including phenoxy) is 1. The lowest BCUT2D eigenvalue weighted by atomic mass is 10.1. The predicted octanol–water partition coefficient (Wildman–Crippen LogP) is -0.417. The van der Waals surface area contributed by atoms with Crippen LogP contribution in [0.15, 0.2) is 0 Å². The number of aliphatic hydroxyl groups is 1. The van der Waals surface area contributed by atoms with Crippen molar-refractivity contribution >= 4 is 5.97 Å². The molecule has 0 fully saturated rings. The van der Waals surface area contributed by atoms with E-state index < -0.39 is 23.8 Å². The molecule has 0 aliphatic carbocycles. The summed E-state index contributed by atoms with van der Waals surface area (Å²) in [7, 11) is 0. The van der Waals surface area contributed by atoms with E-state index in [-0.39, 0.29) is 6.61 Å². The Kier molecular flexibility index (Phi) is 5.04. The van der Waals surface area contributed by atoms with Crippen molar-refractivity contribution in [1.82, 2.24) is 5.32 Å². The Hall–Kier alpha value is -0.650. The second kappa shape index (κ2) is 5.29. The Bertz CT molecular complexity index is 189. The average Bonchev–Trinajstić information content (AvgIpc) is 2.00. The van der Waals surface area contributed by atoms with Crippen molar-refractivity contribution in [1.29, 1.82) is 0 Å². The van der Waals surface area contributed by atoms with Crippen molar-refractivity contribution in [2.24, 2.45) is 5.73 Å². The van der Waals surface area contributed by atoms with Crippen molar-refractivity contribution in [3.8, 4) is 0 Å². The van der Waals surface area contributed by atoms with Gasteiger partial charge in [0.1, 0.15) is 0 Å². The fraction of sp³-hybridized carbons (Fsp3) is 0.889. The number of nitrogens with one attached hydrogen (secondary N) is 1. The minimum Gasteiger partial charge on any atom is -0.464 e. The quantitative estimate of drug-likeness (QED) is 0.418. The van der Waals surface area contributed by atoms with Crippen LogP contribution in [0.1, 0.15) is 27.7 Å². The summed E-state index contributed by atoms with van der Waals surface area (Å²) in [4.78, 5) is 11.1. The van der Waals surface area contributed by atoms with Gasteiger partial charge in [0.25, 0.3) is 0 Å². The molecule has 0 aromatic carbocycles. The smallest absolute Gasteiger partial charge is 0.336 e. The molecule has 0 heterocycles. The SMILES string of the molecule is CCOC(=O)C(O)C(C)NC(C)(C)N. The van der Waals surface area contributed by atoms with Crippen molar-refractivity contribution < 1.29 is 14.6 Å². The maximum absolute atomic E-state index is 11.1. The number of aliphatic hydroxyl groups excluding tert-OH is 1. The molecule has 0 rings (SSSR count). The summed E-state index contributed by atoms with van der Waals surface area (Å²) in [6.07, 6.45) is -1.18. The van der Waals surface area contributed by atoms with Crippen molar-refractivity contribution in [3.05, 3.63) is 0 Å². The van der Waals surface area contributed by atoms with Crippen molar-refractivity contribution in [3.63, 3.8) is 0 Å². The summed E-state index contributed by atoms with van der Waals surface area (Å²) in [5, 5.41) is 12.4. The molecule has 0 radical (unpaired) electrons. The second-order valence-electron chi connectivity index (χ2n) is 3.85. The van der Waals surface area contributed by atoms with E-state index in [4.69, 9.17) is 5.73 Å². The molecule has 0 saturated heterocycles. The van der Waals surface area contributed by atoms with Gasteiger partial charge in [-0.15, -0.1) is 0 Å². The first-order chi connectivity index (χ1) is 6.28. The highest BCUT2D eigenvalue weighted by molar-refractivity contribution is 5.75. The van der Waals surface area contributed by atoms with Gasteiger partial charge in [0.05, 0.1) is 12.3 Å². The third kappa shape index (κ3) is 5.16. The molecule has 14 heavy (non-hydrogen) atoms. The second-order valence-corrected chi connectivity index (χ2v) is 3.85. The molecule has 0 bridgehead atoms. The van der Waals surface area contributed by atoms with E-state index in [0.717, 1.165) is 0 Å². The van der Waals surface area contributed by atoms with Crippen LogP contribution in [0.4, 0.5) is 0 Å². The monoisotopic (exact) mass is 204 g/mol. The van der Waals surface area contributed by atoms with Gasteiger partial charge in [-0.2, -0.15) is 0 Å². The molecule has 2 unspecified atom stereocenters. The molecule has 2 atom stereocenters. The Morgan fingerprint density at radius 2 is 2.14 bits per heavy atom. The number of hydrogen-bond acceptors (Lipinski definition) is 5. The largest absolute Gasteiger partial charge is 0.464 e. The number of rotatable bonds is 5. The Balaban J connectivity index is 4.11. The number of hydrogen-bond donors (Lipinski definition) is 3. The molecule has 0 saturated carbocycles. The third-order valence-corrected chi connectivity index (χ3v) is 1.60. The molecule has 0 aromatic rings. The summed E-state index contributed by atoms with van der Waals surface area (Å²) in [5.41, 5.74) is 5.04. The summed E-state index contributed by atoms with van der Waals surface area (Å²) in [6, 6.07) is -0.436. The summed E-state index contributed by atoms with van der Waals surface area (Å²) in [6.45, 7) is 7.13. The van der Waals surface area contributed by atoms with Gasteiger partial charge < -0.3 is 15.6 Å². The van der Waals surface area contributed by atoms with Crippen molar-refractivity contribution in [2.75, 3.05) is 6.61 Å². The number of carbonyl (C=O) groups is 1. The predicted molar refractivity (Wildman–Crippen MR) is 53.5 cm³/mol. The lowest BCUT2D eigenvalue weighted by molar-refractivity contribution is -0.154. The minimum atomic E-state index is -1.18. The maximum Gasteiger partial charge on any atom is 0.336 e. The molecular formula is C9H20N2O3. The molecular weight excluding hydrogens is 184 g/mol. The molecule has 5 nitrogen and oxygen atoms in total. The van der Waals surface area contributed by atoms with Gasteiger partial charge in [-0.25, -0.2) is 4.79 Å². The number of nitrogens with two attached hydrogens (primary N) is 1. The van der Waals surface area contributed by atoms with Crippen LogP contribution in [0.5, 0.6) is 0 Å². The average molecular weight is 204 g/mol. The van der Waals surface area contributed by atoms with Gasteiger partial charge in [-0.05, 0) is 27.7 Å². The van der Waals surface area contributed by atoms with Gasteiger partial charge in [0.15, 0.2) is 6.10 Å². The zero-order valence-corrected chi connectivity index (χ0v) is 9.20.